The second-order valence-corrected chi connectivity index (χ2v) is 4.88. The molecule has 0 aromatic carbocycles. The van der Waals surface area contributed by atoms with E-state index in [2.05, 4.69) is 10.1 Å². The van der Waals surface area contributed by atoms with E-state index < -0.39 is 23.4 Å². The number of methoxy groups -OCH3 is 1. The van der Waals surface area contributed by atoms with Gasteiger partial charge in [-0.2, -0.15) is 0 Å². The van der Waals surface area contributed by atoms with Crippen LogP contribution in [0.2, 0.25) is 0 Å². The first-order valence-electron chi connectivity index (χ1n) is 6.63. The number of nitrogens with zero attached hydrogens (tertiary/aromatic N) is 1. The van der Waals surface area contributed by atoms with Crippen molar-refractivity contribution in [1.29, 1.82) is 0 Å². The maximum atomic E-state index is 12.0. The van der Waals surface area contributed by atoms with Gasteiger partial charge in [-0.25, -0.2) is 4.79 Å². The van der Waals surface area contributed by atoms with Crippen molar-refractivity contribution in [3.63, 3.8) is 0 Å². The first-order valence-corrected chi connectivity index (χ1v) is 6.63. The molecule has 1 unspecified atom stereocenters. The Bertz CT molecular complexity index is 359. The van der Waals surface area contributed by atoms with E-state index in [4.69, 9.17) is 5.11 Å². The quantitative estimate of drug-likeness (QED) is 0.652. The number of carbonyl (C=O) groups excluding carboxylic acids is 2. The highest BCUT2D eigenvalue weighted by molar-refractivity contribution is 5.81. The summed E-state index contributed by atoms with van der Waals surface area (Å²) in [5, 5.41) is 11.7. The van der Waals surface area contributed by atoms with E-state index in [1.54, 1.807) is 13.8 Å². The van der Waals surface area contributed by atoms with Crippen LogP contribution in [0.25, 0.3) is 0 Å². The molecule has 0 aliphatic carbocycles. The minimum absolute atomic E-state index is 0.0129. The van der Waals surface area contributed by atoms with Crippen LogP contribution in [-0.2, 0) is 14.3 Å². The van der Waals surface area contributed by atoms with E-state index in [9.17, 15) is 14.4 Å². The van der Waals surface area contributed by atoms with Gasteiger partial charge in [0.15, 0.2) is 0 Å². The summed E-state index contributed by atoms with van der Waals surface area (Å²) in [4.78, 5) is 35.7. The highest BCUT2D eigenvalue weighted by Gasteiger charge is 2.32. The van der Waals surface area contributed by atoms with Crippen molar-refractivity contribution < 1.29 is 24.2 Å². The summed E-state index contributed by atoms with van der Waals surface area (Å²) < 4.78 is 4.53. The summed E-state index contributed by atoms with van der Waals surface area (Å²) in [6.07, 6.45) is 1.09. The van der Waals surface area contributed by atoms with Gasteiger partial charge in [0.2, 0.25) is 0 Å². The lowest BCUT2D eigenvalue weighted by atomic mass is 9.88. The number of esters is 1. The Morgan fingerprint density at radius 2 is 1.90 bits per heavy atom. The number of nitrogens with one attached hydrogen (secondary N) is 1. The van der Waals surface area contributed by atoms with Gasteiger partial charge in [-0.1, -0.05) is 13.8 Å². The van der Waals surface area contributed by atoms with Gasteiger partial charge in [0.25, 0.3) is 0 Å². The Morgan fingerprint density at radius 1 is 1.30 bits per heavy atom. The van der Waals surface area contributed by atoms with Crippen molar-refractivity contribution >= 4 is 18.0 Å². The fourth-order valence-electron chi connectivity index (χ4n) is 1.48. The topological polar surface area (TPSA) is 95.9 Å². The second-order valence-electron chi connectivity index (χ2n) is 4.88. The molecule has 0 bridgehead atoms. The summed E-state index contributed by atoms with van der Waals surface area (Å²) in [5.41, 5.74) is -1.02. The van der Waals surface area contributed by atoms with Crippen LogP contribution < -0.4 is 5.32 Å². The first kappa shape index (κ1) is 18.2. The third kappa shape index (κ3) is 5.46. The van der Waals surface area contributed by atoms with Crippen LogP contribution in [0, 0.1) is 5.41 Å². The fraction of sp³-hybridized carbons (Fsp3) is 0.769. The Morgan fingerprint density at radius 3 is 2.30 bits per heavy atom. The second kappa shape index (κ2) is 8.39. The number of hydrogen-bond donors (Lipinski definition) is 2. The van der Waals surface area contributed by atoms with Crippen molar-refractivity contribution in [1.82, 2.24) is 10.2 Å². The van der Waals surface area contributed by atoms with E-state index in [-0.39, 0.29) is 13.1 Å². The van der Waals surface area contributed by atoms with Crippen molar-refractivity contribution in [2.75, 3.05) is 26.7 Å². The molecule has 0 saturated heterocycles. The Balaban J connectivity index is 4.60. The molecule has 0 heterocycles. The van der Waals surface area contributed by atoms with Gasteiger partial charge in [0.1, 0.15) is 6.54 Å². The van der Waals surface area contributed by atoms with Crippen LogP contribution in [0.5, 0.6) is 0 Å². The number of rotatable bonds is 8. The molecule has 0 saturated carbocycles. The maximum Gasteiger partial charge on any atom is 0.325 e. The van der Waals surface area contributed by atoms with Gasteiger partial charge >= 0.3 is 18.0 Å². The molecule has 0 rings (SSSR count). The maximum absolute atomic E-state index is 12.0. The first-order chi connectivity index (χ1) is 9.30. The van der Waals surface area contributed by atoms with E-state index in [0.717, 1.165) is 0 Å². The van der Waals surface area contributed by atoms with Crippen LogP contribution in [0.1, 0.15) is 33.6 Å². The molecular weight excluding hydrogens is 264 g/mol. The average molecular weight is 288 g/mol. The molecule has 116 valence electrons. The van der Waals surface area contributed by atoms with E-state index >= 15 is 0 Å². The molecule has 2 N–H and O–H groups in total. The molecule has 0 spiro atoms. The predicted molar refractivity (Wildman–Crippen MR) is 73.3 cm³/mol. The normalized spacial score (nSPS) is 13.2. The van der Waals surface area contributed by atoms with Crippen molar-refractivity contribution in [3.8, 4) is 0 Å². The van der Waals surface area contributed by atoms with Gasteiger partial charge in [-0.15, -0.1) is 0 Å². The number of aliphatic carboxylic acids is 1. The number of hydrogen-bond acceptors (Lipinski definition) is 4. The Kier molecular flexibility index (Phi) is 7.64. The van der Waals surface area contributed by atoms with E-state index in [1.165, 1.54) is 12.0 Å². The van der Waals surface area contributed by atoms with Crippen LogP contribution in [0.15, 0.2) is 0 Å². The highest BCUT2D eigenvalue weighted by atomic mass is 16.5. The van der Waals surface area contributed by atoms with Gasteiger partial charge in [-0.3, -0.25) is 9.59 Å². The molecular formula is C13H24N2O5. The van der Waals surface area contributed by atoms with E-state index in [0.29, 0.717) is 19.4 Å². The lowest BCUT2D eigenvalue weighted by Crippen LogP contribution is -2.48. The standard InChI is InChI=1S/C13H24N2O5/c1-5-7-15(8-10(16)20-4)12(19)14-9-13(3,6-2)11(17)18/h5-9H2,1-4H3,(H,14,19)(H,17,18). The predicted octanol–water partition coefficient (Wildman–Crippen LogP) is 1.08. The zero-order valence-corrected chi connectivity index (χ0v) is 12.6. The van der Waals surface area contributed by atoms with Gasteiger partial charge in [0.05, 0.1) is 12.5 Å². The fourth-order valence-corrected chi connectivity index (χ4v) is 1.48. The lowest BCUT2D eigenvalue weighted by Gasteiger charge is -2.26. The van der Waals surface area contributed by atoms with Crippen molar-refractivity contribution in [2.24, 2.45) is 5.41 Å². The minimum Gasteiger partial charge on any atom is -0.481 e. The molecule has 0 aromatic heterocycles. The third-order valence-corrected chi connectivity index (χ3v) is 3.25. The molecule has 1 atom stereocenters. The molecule has 0 aliphatic heterocycles. The van der Waals surface area contributed by atoms with Crippen molar-refractivity contribution in [3.05, 3.63) is 0 Å². The number of carboxylic acids is 1. The average Bonchev–Trinajstić information content (AvgIpc) is 2.43. The summed E-state index contributed by atoms with van der Waals surface area (Å²) in [6, 6.07) is -0.460. The molecule has 2 amide bonds. The third-order valence-electron chi connectivity index (χ3n) is 3.25. The van der Waals surface area contributed by atoms with Gasteiger partial charge in [0, 0.05) is 13.1 Å². The van der Waals surface area contributed by atoms with Crippen molar-refractivity contribution in [2.45, 2.75) is 33.6 Å². The number of carbonyl (C=O) groups is 3. The number of carboxylic acid groups (broad SMARTS) is 1. The Labute approximate surface area is 119 Å². The van der Waals surface area contributed by atoms with Gasteiger partial charge in [-0.05, 0) is 19.8 Å². The molecule has 7 heteroatoms. The number of urea groups is 1. The monoisotopic (exact) mass is 288 g/mol. The summed E-state index contributed by atoms with van der Waals surface area (Å²) >= 11 is 0. The molecule has 0 aromatic rings. The number of amides is 2. The summed E-state index contributed by atoms with van der Waals surface area (Å²) in [7, 11) is 1.25. The van der Waals surface area contributed by atoms with Gasteiger partial charge < -0.3 is 20.1 Å². The largest absolute Gasteiger partial charge is 0.481 e. The molecule has 0 fully saturated rings. The zero-order valence-electron chi connectivity index (χ0n) is 12.6. The molecule has 20 heavy (non-hydrogen) atoms. The minimum atomic E-state index is -1.02. The van der Waals surface area contributed by atoms with Crippen LogP contribution in [0.3, 0.4) is 0 Å². The summed E-state index contributed by atoms with van der Waals surface area (Å²) in [5.74, 6) is -1.47. The van der Waals surface area contributed by atoms with E-state index in [1.807, 2.05) is 6.92 Å². The smallest absolute Gasteiger partial charge is 0.325 e. The summed E-state index contributed by atoms with van der Waals surface area (Å²) in [6.45, 7) is 5.46. The lowest BCUT2D eigenvalue weighted by molar-refractivity contribution is -0.148. The van der Waals surface area contributed by atoms with Crippen LogP contribution in [-0.4, -0.2) is 54.7 Å². The molecule has 0 radical (unpaired) electrons. The Hall–Kier alpha value is -1.79. The molecule has 7 nitrogen and oxygen atoms in total. The molecule has 0 aliphatic rings. The van der Waals surface area contributed by atoms with Crippen LogP contribution in [0.4, 0.5) is 4.79 Å². The van der Waals surface area contributed by atoms with Crippen LogP contribution >= 0.6 is 0 Å². The zero-order chi connectivity index (χ0) is 15.8. The number of ether oxygens (including phenoxy) is 1. The highest BCUT2D eigenvalue weighted by Crippen LogP contribution is 2.19. The SMILES string of the molecule is CCCN(CC(=O)OC)C(=O)NCC(C)(CC)C(=O)O.